The largest absolute Gasteiger partial charge is 0.468 e. The summed E-state index contributed by atoms with van der Waals surface area (Å²) in [6, 6.07) is 9.65. The van der Waals surface area contributed by atoms with E-state index >= 15 is 0 Å². The van der Waals surface area contributed by atoms with Gasteiger partial charge in [-0.2, -0.15) is 0 Å². The fourth-order valence-corrected chi connectivity index (χ4v) is 2.73. The summed E-state index contributed by atoms with van der Waals surface area (Å²) in [5.74, 6) is 0.400. The molecule has 0 saturated heterocycles. The van der Waals surface area contributed by atoms with Gasteiger partial charge in [-0.1, -0.05) is 12.1 Å². The second-order valence-corrected chi connectivity index (χ2v) is 6.81. The van der Waals surface area contributed by atoms with Crippen LogP contribution in [0.5, 0.6) is 0 Å². The highest BCUT2D eigenvalue weighted by molar-refractivity contribution is 7.89. The lowest BCUT2D eigenvalue weighted by Gasteiger charge is -2.06. The van der Waals surface area contributed by atoms with Gasteiger partial charge >= 0.3 is 0 Å². The SMILES string of the molecule is CN(C)C(=O)/C=C/c1ccc(S(=O)(=O)NCc2ccco2)cc1. The van der Waals surface area contributed by atoms with E-state index in [2.05, 4.69) is 4.72 Å². The number of carbonyl (C=O) groups excluding carboxylic acids is 1. The number of hydrogen-bond acceptors (Lipinski definition) is 4. The van der Waals surface area contributed by atoms with Crippen LogP contribution in [0.3, 0.4) is 0 Å². The Bertz CT molecular complexity index is 776. The highest BCUT2D eigenvalue weighted by Crippen LogP contribution is 2.12. The molecule has 1 amide bonds. The Morgan fingerprint density at radius 3 is 2.48 bits per heavy atom. The second kappa shape index (κ2) is 7.26. The summed E-state index contributed by atoms with van der Waals surface area (Å²) < 4.78 is 31.9. The van der Waals surface area contributed by atoms with E-state index in [0.29, 0.717) is 5.76 Å². The van der Waals surface area contributed by atoms with Crippen molar-refractivity contribution < 1.29 is 17.6 Å². The Morgan fingerprint density at radius 1 is 1.22 bits per heavy atom. The fourth-order valence-electron chi connectivity index (χ4n) is 1.74. The van der Waals surface area contributed by atoms with Crippen LogP contribution in [0.25, 0.3) is 6.08 Å². The lowest BCUT2D eigenvalue weighted by molar-refractivity contribution is -0.123. The first-order valence-electron chi connectivity index (χ1n) is 6.90. The van der Waals surface area contributed by atoms with E-state index in [1.807, 2.05) is 0 Å². The molecule has 2 aromatic rings. The normalized spacial score (nSPS) is 11.7. The maximum Gasteiger partial charge on any atom is 0.246 e. The van der Waals surface area contributed by atoms with Crippen molar-refractivity contribution in [2.24, 2.45) is 0 Å². The Morgan fingerprint density at radius 2 is 1.91 bits per heavy atom. The smallest absolute Gasteiger partial charge is 0.246 e. The molecule has 0 radical (unpaired) electrons. The average Bonchev–Trinajstić information content (AvgIpc) is 3.04. The van der Waals surface area contributed by atoms with Crippen molar-refractivity contribution in [1.82, 2.24) is 9.62 Å². The van der Waals surface area contributed by atoms with Crippen LogP contribution >= 0.6 is 0 Å². The number of nitrogens with zero attached hydrogens (tertiary/aromatic N) is 1. The number of nitrogens with one attached hydrogen (secondary N) is 1. The molecule has 0 fully saturated rings. The van der Waals surface area contributed by atoms with Crippen molar-refractivity contribution in [2.75, 3.05) is 14.1 Å². The molecule has 1 N–H and O–H groups in total. The number of carbonyl (C=O) groups is 1. The van der Waals surface area contributed by atoms with Crippen molar-refractivity contribution in [3.05, 3.63) is 60.1 Å². The van der Waals surface area contributed by atoms with Gasteiger partial charge in [0.1, 0.15) is 5.76 Å². The maximum absolute atomic E-state index is 12.2. The molecule has 0 spiro atoms. The number of hydrogen-bond donors (Lipinski definition) is 1. The summed E-state index contributed by atoms with van der Waals surface area (Å²) in [6.45, 7) is 0.0916. The van der Waals surface area contributed by atoms with Gasteiger partial charge in [0.15, 0.2) is 0 Å². The molecule has 0 aliphatic heterocycles. The molecule has 1 heterocycles. The number of likely N-dealkylation sites (N-methyl/N-ethyl adjacent to an activating group) is 1. The van der Waals surface area contributed by atoms with Gasteiger partial charge in [-0.15, -0.1) is 0 Å². The van der Waals surface area contributed by atoms with Gasteiger partial charge in [0.05, 0.1) is 17.7 Å². The maximum atomic E-state index is 12.2. The summed E-state index contributed by atoms with van der Waals surface area (Å²) in [5, 5.41) is 0. The number of benzene rings is 1. The van der Waals surface area contributed by atoms with Gasteiger partial charge < -0.3 is 9.32 Å². The molecule has 0 bridgehead atoms. The summed E-state index contributed by atoms with van der Waals surface area (Å²) in [7, 11) is -0.288. The quantitative estimate of drug-likeness (QED) is 0.818. The van der Waals surface area contributed by atoms with E-state index < -0.39 is 10.0 Å². The molecule has 0 aliphatic rings. The van der Waals surface area contributed by atoms with Crippen molar-refractivity contribution in [3.63, 3.8) is 0 Å². The van der Waals surface area contributed by atoms with Crippen molar-refractivity contribution >= 4 is 22.0 Å². The molecule has 0 unspecified atom stereocenters. The number of furan rings is 1. The third kappa shape index (κ3) is 4.80. The summed E-state index contributed by atoms with van der Waals surface area (Å²) in [4.78, 5) is 13.1. The topological polar surface area (TPSA) is 79.6 Å². The molecule has 1 aromatic heterocycles. The summed E-state index contributed by atoms with van der Waals surface area (Å²) in [5.41, 5.74) is 0.741. The molecule has 6 nitrogen and oxygen atoms in total. The standard InChI is InChI=1S/C16H18N2O4S/c1-18(2)16(19)10-7-13-5-8-15(9-6-13)23(20,21)17-12-14-4-3-11-22-14/h3-11,17H,12H2,1-2H3/b10-7+. The summed E-state index contributed by atoms with van der Waals surface area (Å²) in [6.07, 6.45) is 4.55. The zero-order valence-electron chi connectivity index (χ0n) is 12.9. The molecular formula is C16H18N2O4S. The van der Waals surface area contributed by atoms with Crippen molar-refractivity contribution in [3.8, 4) is 0 Å². The zero-order valence-corrected chi connectivity index (χ0v) is 13.7. The molecule has 0 atom stereocenters. The third-order valence-corrected chi connectivity index (χ3v) is 4.48. The van der Waals surface area contributed by atoms with Crippen LogP contribution in [-0.4, -0.2) is 33.3 Å². The van der Waals surface area contributed by atoms with Gasteiger partial charge in [0.25, 0.3) is 0 Å². The third-order valence-electron chi connectivity index (χ3n) is 3.07. The van der Waals surface area contributed by atoms with Crippen LogP contribution in [0.1, 0.15) is 11.3 Å². The van der Waals surface area contributed by atoms with Crippen LogP contribution in [0.15, 0.2) is 58.1 Å². The molecule has 0 saturated carbocycles. The Kier molecular flexibility index (Phi) is 5.36. The molecule has 2 rings (SSSR count). The van der Waals surface area contributed by atoms with Gasteiger partial charge in [-0.05, 0) is 35.9 Å². The van der Waals surface area contributed by atoms with Crippen LogP contribution in [0, 0.1) is 0 Å². The first-order valence-corrected chi connectivity index (χ1v) is 8.38. The van der Waals surface area contributed by atoms with Gasteiger partial charge in [0.2, 0.25) is 15.9 Å². The van der Waals surface area contributed by atoms with Gasteiger partial charge in [0, 0.05) is 20.2 Å². The molecule has 122 valence electrons. The zero-order chi connectivity index (χ0) is 16.9. The van der Waals surface area contributed by atoms with E-state index in [4.69, 9.17) is 4.42 Å². The van der Waals surface area contributed by atoms with Crippen molar-refractivity contribution in [1.29, 1.82) is 0 Å². The minimum absolute atomic E-state index is 0.0916. The Hall–Kier alpha value is -2.38. The van der Waals surface area contributed by atoms with E-state index in [1.54, 1.807) is 44.4 Å². The average molecular weight is 334 g/mol. The number of amides is 1. The van der Waals surface area contributed by atoms with Crippen LogP contribution in [-0.2, 0) is 21.4 Å². The predicted molar refractivity (Wildman–Crippen MR) is 86.9 cm³/mol. The number of rotatable bonds is 6. The first kappa shape index (κ1) is 17.0. The highest BCUT2D eigenvalue weighted by atomic mass is 32.2. The molecule has 0 aliphatic carbocycles. The van der Waals surface area contributed by atoms with Crippen LogP contribution in [0.2, 0.25) is 0 Å². The molecule has 1 aromatic carbocycles. The number of sulfonamides is 1. The molecule has 23 heavy (non-hydrogen) atoms. The van der Waals surface area contributed by atoms with E-state index in [1.165, 1.54) is 29.4 Å². The summed E-state index contributed by atoms with van der Waals surface area (Å²) >= 11 is 0. The van der Waals surface area contributed by atoms with Gasteiger partial charge in [-0.3, -0.25) is 4.79 Å². The van der Waals surface area contributed by atoms with E-state index in [0.717, 1.165) is 5.56 Å². The van der Waals surface area contributed by atoms with Crippen LogP contribution < -0.4 is 4.72 Å². The molecular weight excluding hydrogens is 316 g/mol. The van der Waals surface area contributed by atoms with Crippen molar-refractivity contribution in [2.45, 2.75) is 11.4 Å². The minimum Gasteiger partial charge on any atom is -0.468 e. The lowest BCUT2D eigenvalue weighted by atomic mass is 10.2. The molecule has 7 heteroatoms. The lowest BCUT2D eigenvalue weighted by Crippen LogP contribution is -2.22. The second-order valence-electron chi connectivity index (χ2n) is 5.04. The minimum atomic E-state index is -3.61. The van der Waals surface area contributed by atoms with Gasteiger partial charge in [-0.25, -0.2) is 13.1 Å². The Labute approximate surface area is 135 Å². The van der Waals surface area contributed by atoms with Crippen LogP contribution in [0.4, 0.5) is 0 Å². The Balaban J connectivity index is 2.04. The first-order chi connectivity index (χ1) is 10.9. The highest BCUT2D eigenvalue weighted by Gasteiger charge is 2.13. The fraction of sp³-hybridized carbons (Fsp3) is 0.188. The predicted octanol–water partition coefficient (Wildman–Crippen LogP) is 1.86. The monoisotopic (exact) mass is 334 g/mol. The van der Waals surface area contributed by atoms with E-state index in [-0.39, 0.29) is 17.3 Å². The van der Waals surface area contributed by atoms with E-state index in [9.17, 15) is 13.2 Å².